The molecule has 0 aliphatic carbocycles. The second-order valence-electron chi connectivity index (χ2n) is 1.38. The van der Waals surface area contributed by atoms with E-state index in [1.807, 2.05) is 0 Å². The Morgan fingerprint density at radius 3 is 2.33 bits per heavy atom. The maximum atomic E-state index is 8.54. The summed E-state index contributed by atoms with van der Waals surface area (Å²) in [5.74, 6) is 0. The molecule has 1 unspecified atom stereocenters. The zero-order valence-corrected chi connectivity index (χ0v) is 7.19. The minimum atomic E-state index is -3.37. The van der Waals surface area contributed by atoms with Gasteiger partial charge < -0.3 is 0 Å². The van der Waals surface area contributed by atoms with E-state index < -0.39 is 34.2 Å². The molecule has 0 aliphatic heterocycles. The molecule has 0 spiro atoms. The van der Waals surface area contributed by atoms with E-state index in [9.17, 15) is 0 Å². The average molecular weight is 247 g/mol. The van der Waals surface area contributed by atoms with Gasteiger partial charge >= 0.3 is 60.8 Å². The molecule has 9 heavy (non-hydrogen) atoms. The van der Waals surface area contributed by atoms with E-state index in [-0.39, 0.29) is 6.61 Å². The van der Waals surface area contributed by atoms with Gasteiger partial charge in [-0.05, 0) is 0 Å². The molecule has 1 atom stereocenters. The molecule has 0 aromatic rings. The fraction of sp³-hybridized carbons (Fsp3) is 1.00. The van der Waals surface area contributed by atoms with Crippen LogP contribution in [-0.4, -0.2) is 57.8 Å². The Kier molecular flexibility index (Phi) is 5.78. The van der Waals surface area contributed by atoms with Crippen LogP contribution in [0.2, 0.25) is 0 Å². The van der Waals surface area contributed by atoms with Crippen LogP contribution in [0.4, 0.5) is 0 Å². The van der Waals surface area contributed by atoms with Crippen LogP contribution in [0, 0.1) is 0 Å². The number of hydrogen-bond acceptors (Lipinski definition) is 5. The molecule has 0 amide bonds. The van der Waals surface area contributed by atoms with Crippen molar-refractivity contribution in [1.29, 1.82) is 0 Å². The van der Waals surface area contributed by atoms with Gasteiger partial charge in [0.05, 0.1) is 0 Å². The Morgan fingerprint density at radius 1 is 1.44 bits per heavy atom. The first kappa shape index (κ1) is 9.62. The van der Waals surface area contributed by atoms with Gasteiger partial charge in [-0.2, -0.15) is 0 Å². The van der Waals surface area contributed by atoms with Crippen LogP contribution in [0.25, 0.3) is 0 Å². The normalized spacial score (nSPS) is 14.3. The van der Waals surface area contributed by atoms with Gasteiger partial charge in [-0.3, -0.25) is 0 Å². The van der Waals surface area contributed by atoms with E-state index in [2.05, 4.69) is 3.02 Å². The molecule has 0 fully saturated rings. The van der Waals surface area contributed by atoms with Crippen LogP contribution in [0.15, 0.2) is 0 Å². The quantitative estimate of drug-likeness (QED) is 0.406. The second kappa shape index (κ2) is 5.41. The SMILES string of the molecule is OCC(O)C[O][Sb]([OH])[OH]. The van der Waals surface area contributed by atoms with Crippen molar-refractivity contribution in [1.82, 2.24) is 0 Å². The molecule has 4 N–H and O–H groups in total. The van der Waals surface area contributed by atoms with Crippen molar-refractivity contribution in [2.45, 2.75) is 6.10 Å². The van der Waals surface area contributed by atoms with Gasteiger partial charge in [0.25, 0.3) is 0 Å². The van der Waals surface area contributed by atoms with Crippen molar-refractivity contribution in [2.24, 2.45) is 0 Å². The van der Waals surface area contributed by atoms with Gasteiger partial charge in [-0.1, -0.05) is 0 Å². The standard InChI is InChI=1S/C3H7O3.2H2O.Sb/c4-1-3(6)2-5;;;/h3-4,6H,1-2H2;2*1H2;/q-1;;;+3/p-2. The first-order valence-corrected chi connectivity index (χ1v) is 5.59. The summed E-state index contributed by atoms with van der Waals surface area (Å²) in [5.41, 5.74) is 0. The summed E-state index contributed by atoms with van der Waals surface area (Å²) in [6.45, 7) is -0.624. The maximum absolute atomic E-state index is 8.54. The number of aliphatic hydroxyl groups excluding tert-OH is 2. The number of rotatable bonds is 4. The van der Waals surface area contributed by atoms with Crippen LogP contribution in [0.1, 0.15) is 0 Å². The molecule has 5 nitrogen and oxygen atoms in total. The molecule has 0 saturated carbocycles. The van der Waals surface area contributed by atoms with E-state index in [4.69, 9.17) is 17.0 Å². The predicted octanol–water partition coefficient (Wildman–Crippen LogP) is -2.67. The molecule has 0 heterocycles. The Balaban J connectivity index is 3.06. The number of hydrogen-bond donors (Lipinski definition) is 4. The van der Waals surface area contributed by atoms with Gasteiger partial charge in [0.2, 0.25) is 0 Å². The van der Waals surface area contributed by atoms with E-state index in [0.717, 1.165) is 0 Å². The van der Waals surface area contributed by atoms with Gasteiger partial charge in [0.15, 0.2) is 0 Å². The fourth-order valence-corrected chi connectivity index (χ4v) is 1.08. The van der Waals surface area contributed by atoms with Crippen molar-refractivity contribution in [3.05, 3.63) is 0 Å². The van der Waals surface area contributed by atoms with E-state index >= 15 is 0 Å². The summed E-state index contributed by atoms with van der Waals surface area (Å²) >= 11 is -3.37. The van der Waals surface area contributed by atoms with Crippen molar-refractivity contribution < 1.29 is 20.0 Å². The van der Waals surface area contributed by atoms with Crippen LogP contribution < -0.4 is 0 Å². The first-order chi connectivity index (χ1) is 4.16. The van der Waals surface area contributed by atoms with Crippen molar-refractivity contribution in [3.63, 3.8) is 0 Å². The van der Waals surface area contributed by atoms with Crippen LogP contribution in [0.5, 0.6) is 0 Å². The first-order valence-electron chi connectivity index (χ1n) is 2.26. The van der Waals surface area contributed by atoms with E-state index in [1.54, 1.807) is 0 Å². The molecule has 0 bridgehead atoms. The van der Waals surface area contributed by atoms with Crippen molar-refractivity contribution >= 4 is 21.5 Å². The third-order valence-corrected chi connectivity index (χ3v) is 1.68. The number of aliphatic hydroxyl groups is 2. The van der Waals surface area contributed by atoms with E-state index in [0.29, 0.717) is 0 Å². The zero-order valence-electron chi connectivity index (χ0n) is 4.64. The third kappa shape index (κ3) is 6.50. The summed E-state index contributed by atoms with van der Waals surface area (Å²) in [4.78, 5) is 0. The topological polar surface area (TPSA) is 90.2 Å². The minimum absolute atomic E-state index is 0.202. The van der Waals surface area contributed by atoms with Gasteiger partial charge in [-0.25, -0.2) is 0 Å². The summed E-state index contributed by atoms with van der Waals surface area (Å²) in [6.07, 6.45) is -1.00. The fourth-order valence-electron chi connectivity index (χ4n) is 0.205. The summed E-state index contributed by atoms with van der Waals surface area (Å²) in [6, 6.07) is 0. The molecule has 0 radical (unpaired) electrons. The van der Waals surface area contributed by atoms with Gasteiger partial charge in [0, 0.05) is 0 Å². The molecule has 6 heteroatoms. The van der Waals surface area contributed by atoms with Crippen molar-refractivity contribution in [3.8, 4) is 0 Å². The Hall–Kier alpha value is 0.618. The van der Waals surface area contributed by atoms with Crippen LogP contribution in [-0.2, 0) is 3.02 Å². The average Bonchev–Trinajstić information content (AvgIpc) is 1.83. The second-order valence-corrected chi connectivity index (χ2v) is 3.56. The molecule has 0 saturated heterocycles. The molecule has 0 aromatic heterocycles. The summed E-state index contributed by atoms with van der Waals surface area (Å²) < 4.78 is 20.7. The Bertz CT molecular complexity index is 67.2. The zero-order chi connectivity index (χ0) is 7.28. The molecule has 0 aromatic carbocycles. The van der Waals surface area contributed by atoms with Crippen LogP contribution in [0.3, 0.4) is 0 Å². The van der Waals surface area contributed by atoms with Gasteiger partial charge in [-0.15, -0.1) is 0 Å². The third-order valence-electron chi connectivity index (χ3n) is 0.593. The molecular formula is C3H9O5Sb. The monoisotopic (exact) mass is 246 g/mol. The molecule has 0 rings (SSSR count). The predicted molar refractivity (Wildman–Crippen MR) is 29.2 cm³/mol. The molecule has 0 aliphatic rings. The van der Waals surface area contributed by atoms with Crippen molar-refractivity contribution in [2.75, 3.05) is 13.2 Å². The Labute approximate surface area is 61.2 Å². The molecule has 56 valence electrons. The van der Waals surface area contributed by atoms with Gasteiger partial charge in [0.1, 0.15) is 0 Å². The summed E-state index contributed by atoms with van der Waals surface area (Å²) in [5, 5.41) is 16.7. The van der Waals surface area contributed by atoms with E-state index in [1.165, 1.54) is 0 Å². The summed E-state index contributed by atoms with van der Waals surface area (Å²) in [7, 11) is 0. The van der Waals surface area contributed by atoms with Crippen LogP contribution >= 0.6 is 0 Å². The Morgan fingerprint density at radius 2 is 2.00 bits per heavy atom. The molecular weight excluding hydrogens is 238 g/mol.